The van der Waals surface area contributed by atoms with Gasteiger partial charge in [-0.15, -0.1) is 0 Å². The lowest BCUT2D eigenvalue weighted by atomic mass is 10.1. The van der Waals surface area contributed by atoms with Crippen LogP contribution in [0.15, 0.2) is 75.5 Å². The fourth-order valence-electron chi connectivity index (χ4n) is 2.89. The van der Waals surface area contributed by atoms with E-state index in [0.29, 0.717) is 23.8 Å². The van der Waals surface area contributed by atoms with E-state index in [1.54, 1.807) is 11.5 Å². The smallest absolute Gasteiger partial charge is 0.275 e. The Balaban J connectivity index is 1.72. The van der Waals surface area contributed by atoms with Gasteiger partial charge in [0.2, 0.25) is 15.9 Å². The predicted molar refractivity (Wildman–Crippen MR) is 125 cm³/mol. The van der Waals surface area contributed by atoms with Crippen molar-refractivity contribution in [2.45, 2.75) is 35.2 Å². The zero-order valence-electron chi connectivity index (χ0n) is 17.3. The fraction of sp³-hybridized carbons (Fsp3) is 0.190. The average Bonchev–Trinajstić information content (AvgIpc) is 2.73. The Kier molecular flexibility index (Phi) is 7.33. The van der Waals surface area contributed by atoms with Crippen LogP contribution in [0.4, 0.5) is 11.5 Å². The van der Waals surface area contributed by atoms with E-state index in [1.807, 2.05) is 30.3 Å². The van der Waals surface area contributed by atoms with Crippen molar-refractivity contribution in [1.29, 1.82) is 0 Å². The summed E-state index contributed by atoms with van der Waals surface area (Å²) in [6.45, 7) is 2.17. The molecular formula is C21H23N5O4S2. The van der Waals surface area contributed by atoms with Crippen LogP contribution in [0.3, 0.4) is 0 Å². The first-order valence-electron chi connectivity index (χ1n) is 9.65. The molecule has 3 aromatic rings. The Morgan fingerprint density at radius 3 is 2.44 bits per heavy atom. The Morgan fingerprint density at radius 2 is 1.81 bits per heavy atom. The van der Waals surface area contributed by atoms with Crippen LogP contribution < -0.4 is 21.7 Å². The number of nitrogen functional groups attached to an aromatic ring is 1. The molecule has 5 N–H and O–H groups in total. The maximum absolute atomic E-state index is 12.6. The number of sulfonamides is 1. The van der Waals surface area contributed by atoms with E-state index in [-0.39, 0.29) is 16.6 Å². The van der Waals surface area contributed by atoms with E-state index >= 15 is 0 Å². The molecule has 2 aromatic carbocycles. The number of carbonyl (C=O) groups excluding carboxylic acids is 1. The van der Waals surface area contributed by atoms with E-state index in [9.17, 15) is 18.0 Å². The van der Waals surface area contributed by atoms with E-state index in [4.69, 9.17) is 10.9 Å². The highest BCUT2D eigenvalue weighted by Crippen LogP contribution is 2.24. The molecule has 0 bridgehead atoms. The maximum atomic E-state index is 12.6. The van der Waals surface area contributed by atoms with Crippen molar-refractivity contribution in [1.82, 2.24) is 9.55 Å². The fourth-order valence-corrected chi connectivity index (χ4v) is 4.35. The number of nitrogens with zero attached hydrogens (tertiary/aromatic N) is 2. The number of primary sulfonamides is 1. The second-order valence-corrected chi connectivity index (χ2v) is 9.88. The first-order chi connectivity index (χ1) is 15.1. The molecule has 0 saturated carbocycles. The Bertz CT molecular complexity index is 1260. The number of anilines is 2. The Hall–Kier alpha value is -3.15. The van der Waals surface area contributed by atoms with Crippen molar-refractivity contribution in [2.75, 3.05) is 11.1 Å². The number of nitrogens with two attached hydrogens (primary N) is 2. The van der Waals surface area contributed by atoms with Crippen LogP contribution >= 0.6 is 11.8 Å². The van der Waals surface area contributed by atoms with Gasteiger partial charge in [-0.25, -0.2) is 13.6 Å². The molecule has 1 aromatic heterocycles. The number of carbonyl (C=O) groups is 1. The van der Waals surface area contributed by atoms with Gasteiger partial charge in [0.1, 0.15) is 5.82 Å². The lowest BCUT2D eigenvalue weighted by molar-refractivity contribution is -0.115. The van der Waals surface area contributed by atoms with Crippen LogP contribution in [0.25, 0.3) is 0 Å². The minimum Gasteiger partial charge on any atom is -0.385 e. The number of thioether (sulfide) groups is 1. The first kappa shape index (κ1) is 23.5. The standard InChI is InChI=1S/C21H23N5O4S2/c1-14(20(28)24-16-7-9-17(10-8-16)32(23,29)30)31-21-25-19(27)13-18(22)26(21)12-11-15-5-3-2-4-6-15/h2-10,13-14H,11-12,22H2,1H3,(H,24,28)(H2,23,29,30)/t14-/m1/s1. The summed E-state index contributed by atoms with van der Waals surface area (Å²) in [5.41, 5.74) is 7.10. The van der Waals surface area contributed by atoms with E-state index in [2.05, 4.69) is 10.3 Å². The second kappa shape index (κ2) is 9.98. The molecule has 0 saturated heterocycles. The molecule has 32 heavy (non-hydrogen) atoms. The van der Waals surface area contributed by atoms with Gasteiger partial charge in [0.25, 0.3) is 5.56 Å². The maximum Gasteiger partial charge on any atom is 0.275 e. The van der Waals surface area contributed by atoms with Crippen molar-refractivity contribution in [3.8, 4) is 0 Å². The van der Waals surface area contributed by atoms with Crippen LogP contribution in [-0.4, -0.2) is 29.1 Å². The van der Waals surface area contributed by atoms with Crippen molar-refractivity contribution in [2.24, 2.45) is 5.14 Å². The minimum absolute atomic E-state index is 0.0516. The largest absolute Gasteiger partial charge is 0.385 e. The van der Waals surface area contributed by atoms with Gasteiger partial charge in [0.15, 0.2) is 5.16 Å². The summed E-state index contributed by atoms with van der Waals surface area (Å²) in [5, 5.41) is 7.52. The second-order valence-electron chi connectivity index (χ2n) is 7.01. The number of benzene rings is 2. The Labute approximate surface area is 189 Å². The third kappa shape index (κ3) is 6.19. The summed E-state index contributed by atoms with van der Waals surface area (Å²) in [6.07, 6.45) is 0.681. The number of aryl methyl sites for hydroxylation is 1. The third-order valence-electron chi connectivity index (χ3n) is 4.59. The average molecular weight is 474 g/mol. The van der Waals surface area contributed by atoms with Gasteiger partial charge in [-0.05, 0) is 43.2 Å². The summed E-state index contributed by atoms with van der Waals surface area (Å²) < 4.78 is 24.4. The third-order valence-corrected chi connectivity index (χ3v) is 6.61. The molecule has 0 aliphatic carbocycles. The highest BCUT2D eigenvalue weighted by Gasteiger charge is 2.19. The number of hydrogen-bond acceptors (Lipinski definition) is 7. The normalized spacial score (nSPS) is 12.3. The van der Waals surface area contributed by atoms with Crippen LogP contribution in [0.1, 0.15) is 12.5 Å². The van der Waals surface area contributed by atoms with E-state index < -0.39 is 20.8 Å². The molecule has 0 aliphatic heterocycles. The van der Waals surface area contributed by atoms with Gasteiger partial charge in [-0.1, -0.05) is 42.1 Å². The van der Waals surface area contributed by atoms with Crippen molar-refractivity contribution in [3.05, 3.63) is 76.6 Å². The highest BCUT2D eigenvalue weighted by molar-refractivity contribution is 8.00. The monoisotopic (exact) mass is 473 g/mol. The van der Waals surface area contributed by atoms with Crippen LogP contribution in [0.2, 0.25) is 0 Å². The molecule has 9 nitrogen and oxygen atoms in total. The zero-order chi connectivity index (χ0) is 23.3. The van der Waals surface area contributed by atoms with Gasteiger partial charge in [0, 0.05) is 18.3 Å². The number of aromatic nitrogens is 2. The molecule has 0 radical (unpaired) electrons. The lowest BCUT2D eigenvalue weighted by Crippen LogP contribution is -2.25. The molecule has 1 atom stereocenters. The molecule has 0 unspecified atom stereocenters. The number of rotatable bonds is 8. The van der Waals surface area contributed by atoms with Crippen molar-refractivity contribution >= 4 is 39.2 Å². The molecule has 0 fully saturated rings. The van der Waals surface area contributed by atoms with E-state index in [0.717, 1.165) is 17.3 Å². The van der Waals surface area contributed by atoms with E-state index in [1.165, 1.54) is 30.3 Å². The summed E-state index contributed by atoms with van der Waals surface area (Å²) in [4.78, 5) is 28.5. The first-order valence-corrected chi connectivity index (χ1v) is 12.1. The summed E-state index contributed by atoms with van der Waals surface area (Å²) in [7, 11) is -3.81. The predicted octanol–water partition coefficient (Wildman–Crippen LogP) is 1.83. The van der Waals surface area contributed by atoms with Gasteiger partial charge >= 0.3 is 0 Å². The van der Waals surface area contributed by atoms with Crippen LogP contribution in [0, 0.1) is 0 Å². The summed E-state index contributed by atoms with van der Waals surface area (Å²) in [6, 6.07) is 16.6. The van der Waals surface area contributed by atoms with Crippen molar-refractivity contribution < 1.29 is 13.2 Å². The molecule has 1 amide bonds. The van der Waals surface area contributed by atoms with Gasteiger partial charge < -0.3 is 15.6 Å². The highest BCUT2D eigenvalue weighted by atomic mass is 32.2. The number of amides is 1. The number of nitrogens with one attached hydrogen (secondary N) is 1. The molecule has 0 spiro atoms. The quantitative estimate of drug-likeness (QED) is 0.334. The molecule has 168 valence electrons. The van der Waals surface area contributed by atoms with Crippen LogP contribution in [-0.2, 0) is 27.8 Å². The zero-order valence-corrected chi connectivity index (χ0v) is 18.9. The SMILES string of the molecule is C[C@@H](Sc1nc(=O)cc(N)n1CCc1ccccc1)C(=O)Nc1ccc(S(N)(=O)=O)cc1. The van der Waals surface area contributed by atoms with Gasteiger partial charge in [-0.3, -0.25) is 9.59 Å². The molecule has 0 aliphatic rings. The molecule has 1 heterocycles. The topological polar surface area (TPSA) is 150 Å². The van der Waals surface area contributed by atoms with Gasteiger partial charge in [-0.2, -0.15) is 4.98 Å². The van der Waals surface area contributed by atoms with Gasteiger partial charge in [0.05, 0.1) is 10.1 Å². The molecule has 11 heteroatoms. The molecule has 3 rings (SSSR count). The summed E-state index contributed by atoms with van der Waals surface area (Å²) in [5.74, 6) is -0.0701. The molecular weight excluding hydrogens is 450 g/mol. The summed E-state index contributed by atoms with van der Waals surface area (Å²) >= 11 is 1.11. The number of hydrogen-bond donors (Lipinski definition) is 3. The van der Waals surface area contributed by atoms with Crippen molar-refractivity contribution in [3.63, 3.8) is 0 Å². The van der Waals surface area contributed by atoms with Crippen LogP contribution in [0.5, 0.6) is 0 Å². The minimum atomic E-state index is -3.81. The Morgan fingerprint density at radius 1 is 1.16 bits per heavy atom. The lowest BCUT2D eigenvalue weighted by Gasteiger charge is -2.17.